The van der Waals surface area contributed by atoms with Crippen molar-refractivity contribution in [2.45, 2.75) is 11.8 Å². The normalized spacial score (nSPS) is 11.8. The van der Waals surface area contributed by atoms with Crippen molar-refractivity contribution >= 4 is 28.3 Å². The summed E-state index contributed by atoms with van der Waals surface area (Å²) in [5.74, 6) is 1.06. The Hall–Kier alpha value is -3.11. The first-order valence-corrected chi connectivity index (χ1v) is 10.1. The van der Waals surface area contributed by atoms with Gasteiger partial charge in [-0.15, -0.1) is 0 Å². The van der Waals surface area contributed by atoms with Gasteiger partial charge in [0.05, 0.1) is 11.1 Å². The van der Waals surface area contributed by atoms with E-state index in [1.54, 1.807) is 35.4 Å². The number of aromatic nitrogens is 2. The van der Waals surface area contributed by atoms with Crippen LogP contribution in [0.5, 0.6) is 5.88 Å². The summed E-state index contributed by atoms with van der Waals surface area (Å²) < 4.78 is 45.2. The van der Waals surface area contributed by atoms with Gasteiger partial charge in [0.15, 0.2) is 6.26 Å². The van der Waals surface area contributed by atoms with Gasteiger partial charge in [0.2, 0.25) is 5.89 Å². The Balaban J connectivity index is 1.47. The zero-order chi connectivity index (χ0) is 20.9. The van der Waals surface area contributed by atoms with Crippen molar-refractivity contribution in [3.8, 4) is 5.88 Å². The third kappa shape index (κ3) is 5.69. The fourth-order valence-corrected chi connectivity index (χ4v) is 3.09. The maximum atomic E-state index is 12.1. The zero-order valence-corrected chi connectivity index (χ0v) is 17.0. The van der Waals surface area contributed by atoms with E-state index in [2.05, 4.69) is 9.97 Å². The van der Waals surface area contributed by atoms with Crippen molar-refractivity contribution in [2.24, 2.45) is 0 Å². The Morgan fingerprint density at radius 3 is 2.59 bits per heavy atom. The van der Waals surface area contributed by atoms with Crippen LogP contribution in [0, 0.1) is 6.92 Å². The van der Waals surface area contributed by atoms with Gasteiger partial charge in [0.25, 0.3) is 22.0 Å². The third-order valence-electron chi connectivity index (χ3n) is 3.67. The number of oxazole rings is 2. The molecule has 0 aliphatic rings. The van der Waals surface area contributed by atoms with Crippen molar-refractivity contribution in [3.63, 3.8) is 0 Å². The van der Waals surface area contributed by atoms with E-state index in [9.17, 15) is 8.42 Å². The molecule has 0 radical (unpaired) electrons. The van der Waals surface area contributed by atoms with Crippen molar-refractivity contribution in [1.29, 1.82) is 0 Å². The maximum Gasteiger partial charge on any atom is 0.297 e. The topological polar surface area (TPSA) is 108 Å². The maximum absolute atomic E-state index is 12.1. The summed E-state index contributed by atoms with van der Waals surface area (Å²) in [5, 5.41) is 0. The quantitative estimate of drug-likeness (QED) is 0.382. The number of rotatable bonds is 9. The first-order valence-electron chi connectivity index (χ1n) is 8.69. The molecular formula is C19H21N3O6S. The van der Waals surface area contributed by atoms with E-state index in [1.165, 1.54) is 18.4 Å². The highest BCUT2D eigenvalue weighted by Crippen LogP contribution is 2.17. The summed E-state index contributed by atoms with van der Waals surface area (Å²) in [4.78, 5) is 10.1. The molecule has 2 aromatic heterocycles. The molecule has 3 aromatic rings. The van der Waals surface area contributed by atoms with Gasteiger partial charge in [-0.05, 0) is 25.1 Å². The van der Waals surface area contributed by atoms with Gasteiger partial charge in [-0.3, -0.25) is 4.18 Å². The molecule has 2 heterocycles. The highest BCUT2D eigenvalue weighted by molar-refractivity contribution is 7.86. The lowest BCUT2D eigenvalue weighted by Gasteiger charge is -2.06. The van der Waals surface area contributed by atoms with Crippen LogP contribution in [0.3, 0.4) is 0 Å². The molecule has 9 nitrogen and oxygen atoms in total. The van der Waals surface area contributed by atoms with Crippen molar-refractivity contribution < 1.29 is 26.2 Å². The van der Waals surface area contributed by atoms with Crippen LogP contribution in [0.2, 0.25) is 0 Å². The fraction of sp³-hybridized carbons (Fsp3) is 0.263. The second kappa shape index (κ2) is 8.93. The average molecular weight is 419 g/mol. The van der Waals surface area contributed by atoms with Gasteiger partial charge in [-0.1, -0.05) is 17.7 Å². The summed E-state index contributed by atoms with van der Waals surface area (Å²) in [6.45, 7) is 1.72. The van der Waals surface area contributed by atoms with Crippen LogP contribution in [0.15, 0.2) is 50.5 Å². The molecule has 0 N–H and O–H groups in total. The van der Waals surface area contributed by atoms with E-state index >= 15 is 0 Å². The first-order chi connectivity index (χ1) is 13.8. The molecule has 154 valence electrons. The number of hydrogen-bond acceptors (Lipinski definition) is 9. The van der Waals surface area contributed by atoms with Gasteiger partial charge in [0, 0.05) is 20.2 Å². The van der Waals surface area contributed by atoms with Crippen LogP contribution < -0.4 is 9.64 Å². The molecule has 0 amide bonds. The van der Waals surface area contributed by atoms with E-state index in [-0.39, 0.29) is 24.0 Å². The molecular weight excluding hydrogens is 398 g/mol. The predicted molar refractivity (Wildman–Crippen MR) is 106 cm³/mol. The monoisotopic (exact) mass is 419 g/mol. The molecule has 0 spiro atoms. The van der Waals surface area contributed by atoms with Crippen LogP contribution in [-0.2, 0) is 14.3 Å². The lowest BCUT2D eigenvalue weighted by atomic mass is 10.2. The van der Waals surface area contributed by atoms with Gasteiger partial charge in [-0.25, -0.2) is 4.98 Å². The Kier molecular flexibility index (Phi) is 6.35. The van der Waals surface area contributed by atoms with Crippen LogP contribution in [0.1, 0.15) is 17.2 Å². The third-order valence-corrected chi connectivity index (χ3v) is 4.99. The predicted octanol–water partition coefficient (Wildman–Crippen LogP) is 2.99. The standard InChI is InChI=1S/C19H21N3O6S/c1-14-4-7-16(8-5-14)29(23,24)27-11-10-25-18-13-26-17(21-18)9-6-15-12-20-19(28-15)22(2)3/h4-9,12-13H,10-11H2,1-3H3/b9-6+. The molecule has 10 heteroatoms. The van der Waals surface area contributed by atoms with Gasteiger partial charge in [-0.2, -0.15) is 13.4 Å². The molecule has 0 saturated heterocycles. The molecule has 0 aliphatic carbocycles. The minimum absolute atomic E-state index is 0.00488. The molecule has 0 saturated carbocycles. The molecule has 1 aromatic carbocycles. The van der Waals surface area contributed by atoms with Gasteiger partial charge >= 0.3 is 0 Å². The van der Waals surface area contributed by atoms with Crippen LogP contribution in [0.25, 0.3) is 12.2 Å². The SMILES string of the molecule is Cc1ccc(S(=O)(=O)OCCOc2coc(/C=C/c3cnc(N(C)C)o3)n2)cc1. The summed E-state index contributed by atoms with van der Waals surface area (Å²) >= 11 is 0. The largest absolute Gasteiger partial charge is 0.473 e. The highest BCUT2D eigenvalue weighted by Gasteiger charge is 2.15. The molecule has 3 rings (SSSR count). The molecule has 0 bridgehead atoms. The van der Waals surface area contributed by atoms with Crippen LogP contribution in [0.4, 0.5) is 6.01 Å². The number of nitrogens with zero attached hydrogens (tertiary/aromatic N) is 3. The lowest BCUT2D eigenvalue weighted by molar-refractivity contribution is 0.215. The molecule has 0 fully saturated rings. The average Bonchev–Trinajstić information content (AvgIpc) is 3.33. The summed E-state index contributed by atoms with van der Waals surface area (Å²) in [6, 6.07) is 6.89. The second-order valence-electron chi connectivity index (χ2n) is 6.23. The van der Waals surface area contributed by atoms with E-state index in [0.717, 1.165) is 5.56 Å². The molecule has 0 unspecified atom stereocenters. The van der Waals surface area contributed by atoms with Gasteiger partial charge < -0.3 is 18.5 Å². The van der Waals surface area contributed by atoms with Crippen molar-refractivity contribution in [3.05, 3.63) is 53.9 Å². The number of anilines is 1. The minimum atomic E-state index is -3.82. The van der Waals surface area contributed by atoms with E-state index in [0.29, 0.717) is 17.7 Å². The van der Waals surface area contributed by atoms with Crippen molar-refractivity contribution in [2.75, 3.05) is 32.2 Å². The Morgan fingerprint density at radius 1 is 1.14 bits per heavy atom. The molecule has 29 heavy (non-hydrogen) atoms. The second-order valence-corrected chi connectivity index (χ2v) is 7.85. The molecule has 0 aliphatic heterocycles. The summed E-state index contributed by atoms with van der Waals surface area (Å²) in [7, 11) is -0.172. The smallest absolute Gasteiger partial charge is 0.297 e. The fourth-order valence-electron chi connectivity index (χ4n) is 2.19. The van der Waals surface area contributed by atoms with Crippen LogP contribution in [-0.4, -0.2) is 45.7 Å². The Labute approximate surface area is 168 Å². The number of aryl methyl sites for hydroxylation is 1. The van der Waals surface area contributed by atoms with E-state index < -0.39 is 10.1 Å². The highest BCUT2D eigenvalue weighted by atomic mass is 32.2. The van der Waals surface area contributed by atoms with E-state index in [1.807, 2.05) is 21.0 Å². The number of hydrogen-bond donors (Lipinski definition) is 0. The summed E-state index contributed by atoms with van der Waals surface area (Å²) in [5.41, 5.74) is 0.963. The Bertz CT molecular complexity index is 1070. The van der Waals surface area contributed by atoms with Crippen molar-refractivity contribution in [1.82, 2.24) is 9.97 Å². The zero-order valence-electron chi connectivity index (χ0n) is 16.2. The minimum Gasteiger partial charge on any atom is -0.473 e. The number of ether oxygens (including phenoxy) is 1. The lowest BCUT2D eigenvalue weighted by Crippen LogP contribution is -2.13. The van der Waals surface area contributed by atoms with E-state index in [4.69, 9.17) is 17.8 Å². The summed E-state index contributed by atoms with van der Waals surface area (Å²) in [6.07, 6.45) is 6.16. The first kappa shape index (κ1) is 20.6. The number of benzene rings is 1. The molecule has 0 atom stereocenters. The van der Waals surface area contributed by atoms with Crippen LogP contribution >= 0.6 is 0 Å². The Morgan fingerprint density at radius 2 is 1.90 bits per heavy atom. The van der Waals surface area contributed by atoms with Gasteiger partial charge in [0.1, 0.15) is 19.0 Å².